The number of nitrogens with zero attached hydrogens (tertiary/aromatic N) is 2. The third kappa shape index (κ3) is 2.96. The Labute approximate surface area is 108 Å². The zero-order valence-electron chi connectivity index (χ0n) is 9.82. The second kappa shape index (κ2) is 5.31. The van der Waals surface area contributed by atoms with Gasteiger partial charge in [0.25, 0.3) is 0 Å². The summed E-state index contributed by atoms with van der Waals surface area (Å²) in [5.74, 6) is -0.706. The Balaban J connectivity index is 2.15. The summed E-state index contributed by atoms with van der Waals surface area (Å²) in [5, 5.41) is 11.5. The molecule has 2 rings (SSSR count). The molecule has 0 bridgehead atoms. The number of nitrogens with one attached hydrogen (secondary N) is 1. The Morgan fingerprint density at radius 3 is 2.79 bits per heavy atom. The van der Waals surface area contributed by atoms with Crippen molar-refractivity contribution in [3.63, 3.8) is 0 Å². The maximum Gasteiger partial charge on any atom is 0.149 e. The van der Waals surface area contributed by atoms with E-state index in [1.54, 1.807) is 0 Å². The van der Waals surface area contributed by atoms with Crippen LogP contribution in [-0.4, -0.2) is 4.98 Å². The summed E-state index contributed by atoms with van der Waals surface area (Å²) >= 11 is 0. The minimum absolute atomic E-state index is 0.0483. The summed E-state index contributed by atoms with van der Waals surface area (Å²) in [5.41, 5.74) is 6.46. The Kier molecular flexibility index (Phi) is 3.57. The van der Waals surface area contributed by atoms with E-state index in [9.17, 15) is 8.78 Å². The van der Waals surface area contributed by atoms with E-state index >= 15 is 0 Å². The molecule has 0 saturated heterocycles. The van der Waals surface area contributed by atoms with Crippen LogP contribution in [0, 0.1) is 23.0 Å². The molecular weight excluding hydrogens is 250 g/mol. The molecule has 4 nitrogen and oxygen atoms in total. The van der Waals surface area contributed by atoms with Crippen molar-refractivity contribution in [2.45, 2.75) is 6.54 Å². The van der Waals surface area contributed by atoms with Gasteiger partial charge in [-0.2, -0.15) is 5.26 Å². The van der Waals surface area contributed by atoms with E-state index in [0.717, 1.165) is 18.2 Å². The van der Waals surface area contributed by atoms with Crippen LogP contribution in [-0.2, 0) is 6.54 Å². The molecule has 0 saturated carbocycles. The summed E-state index contributed by atoms with van der Waals surface area (Å²) < 4.78 is 26.4. The molecule has 0 amide bonds. The van der Waals surface area contributed by atoms with Crippen LogP contribution < -0.4 is 11.1 Å². The van der Waals surface area contributed by atoms with Gasteiger partial charge in [-0.15, -0.1) is 0 Å². The summed E-state index contributed by atoms with van der Waals surface area (Å²) in [6, 6.07) is 6.57. The number of aromatic nitrogens is 1. The molecule has 2 aromatic rings. The standard InChI is InChI=1S/C13H10F2N4/c14-10-1-2-11(15)9(4-10)7-19-13-12(17)3-8(5-16)6-18-13/h1-4,6H,7,17H2,(H,18,19). The van der Waals surface area contributed by atoms with Crippen LogP contribution in [0.1, 0.15) is 11.1 Å². The molecule has 0 fully saturated rings. The lowest BCUT2D eigenvalue weighted by atomic mass is 10.2. The van der Waals surface area contributed by atoms with E-state index in [0.29, 0.717) is 11.4 Å². The topological polar surface area (TPSA) is 74.7 Å². The molecule has 6 heteroatoms. The van der Waals surface area contributed by atoms with Gasteiger partial charge in [-0.25, -0.2) is 13.8 Å². The van der Waals surface area contributed by atoms with Crippen molar-refractivity contribution in [2.75, 3.05) is 11.1 Å². The molecule has 0 aliphatic carbocycles. The normalized spacial score (nSPS) is 9.95. The highest BCUT2D eigenvalue weighted by Crippen LogP contribution is 2.18. The van der Waals surface area contributed by atoms with Gasteiger partial charge in [-0.1, -0.05) is 0 Å². The molecule has 0 atom stereocenters. The smallest absolute Gasteiger partial charge is 0.149 e. The summed E-state index contributed by atoms with van der Waals surface area (Å²) in [6.07, 6.45) is 1.35. The second-order valence-electron chi connectivity index (χ2n) is 3.86. The van der Waals surface area contributed by atoms with Crippen LogP contribution >= 0.6 is 0 Å². The van der Waals surface area contributed by atoms with Crippen molar-refractivity contribution in [3.8, 4) is 6.07 Å². The first-order valence-corrected chi connectivity index (χ1v) is 5.43. The van der Waals surface area contributed by atoms with Crippen LogP contribution in [0.2, 0.25) is 0 Å². The van der Waals surface area contributed by atoms with Crippen LogP contribution in [0.4, 0.5) is 20.3 Å². The lowest BCUT2D eigenvalue weighted by Gasteiger charge is -2.09. The van der Waals surface area contributed by atoms with Gasteiger partial charge in [0.2, 0.25) is 0 Å². The van der Waals surface area contributed by atoms with E-state index in [1.807, 2.05) is 6.07 Å². The first-order chi connectivity index (χ1) is 9.10. The minimum atomic E-state index is -0.515. The second-order valence-corrected chi connectivity index (χ2v) is 3.86. The van der Waals surface area contributed by atoms with E-state index in [2.05, 4.69) is 10.3 Å². The molecule has 1 aromatic carbocycles. The zero-order chi connectivity index (χ0) is 13.8. The molecule has 19 heavy (non-hydrogen) atoms. The molecule has 0 aliphatic rings. The van der Waals surface area contributed by atoms with E-state index in [4.69, 9.17) is 11.0 Å². The number of hydrogen-bond acceptors (Lipinski definition) is 4. The lowest BCUT2D eigenvalue weighted by molar-refractivity contribution is 0.587. The highest BCUT2D eigenvalue weighted by atomic mass is 19.1. The van der Waals surface area contributed by atoms with E-state index in [-0.39, 0.29) is 17.8 Å². The van der Waals surface area contributed by atoms with Gasteiger partial charge in [-0.3, -0.25) is 0 Å². The maximum atomic E-state index is 13.4. The number of anilines is 2. The zero-order valence-corrected chi connectivity index (χ0v) is 9.82. The number of hydrogen-bond donors (Lipinski definition) is 2. The van der Waals surface area contributed by atoms with Gasteiger partial charge in [-0.05, 0) is 24.3 Å². The molecule has 96 valence electrons. The first kappa shape index (κ1) is 12.8. The molecule has 0 spiro atoms. The molecule has 0 unspecified atom stereocenters. The number of pyridine rings is 1. The van der Waals surface area contributed by atoms with Crippen molar-refractivity contribution in [2.24, 2.45) is 0 Å². The average Bonchev–Trinajstić information content (AvgIpc) is 2.40. The number of rotatable bonds is 3. The fraction of sp³-hybridized carbons (Fsp3) is 0.0769. The summed E-state index contributed by atoms with van der Waals surface area (Å²) in [7, 11) is 0. The van der Waals surface area contributed by atoms with Crippen molar-refractivity contribution < 1.29 is 8.78 Å². The van der Waals surface area contributed by atoms with Crippen molar-refractivity contribution in [3.05, 3.63) is 53.2 Å². The Morgan fingerprint density at radius 2 is 2.11 bits per heavy atom. The number of nitriles is 1. The van der Waals surface area contributed by atoms with Gasteiger partial charge in [0.05, 0.1) is 11.3 Å². The van der Waals surface area contributed by atoms with E-state index < -0.39 is 11.6 Å². The third-order valence-corrected chi connectivity index (χ3v) is 2.50. The fourth-order valence-corrected chi connectivity index (χ4v) is 1.55. The summed E-state index contributed by atoms with van der Waals surface area (Å²) in [4.78, 5) is 3.94. The lowest BCUT2D eigenvalue weighted by Crippen LogP contribution is -2.06. The van der Waals surface area contributed by atoms with Crippen LogP contribution in [0.15, 0.2) is 30.5 Å². The predicted octanol–water partition coefficient (Wildman–Crippen LogP) is 2.43. The predicted molar refractivity (Wildman–Crippen MR) is 67.0 cm³/mol. The molecule has 3 N–H and O–H groups in total. The maximum absolute atomic E-state index is 13.4. The largest absolute Gasteiger partial charge is 0.396 e. The Morgan fingerprint density at radius 1 is 1.32 bits per heavy atom. The molecule has 1 aromatic heterocycles. The molecule has 1 heterocycles. The van der Waals surface area contributed by atoms with Crippen LogP contribution in [0.3, 0.4) is 0 Å². The van der Waals surface area contributed by atoms with Crippen molar-refractivity contribution in [1.82, 2.24) is 4.98 Å². The minimum Gasteiger partial charge on any atom is -0.396 e. The summed E-state index contributed by atoms with van der Waals surface area (Å²) in [6.45, 7) is 0.0483. The Hall–Kier alpha value is -2.68. The average molecular weight is 260 g/mol. The van der Waals surface area contributed by atoms with Crippen LogP contribution in [0.25, 0.3) is 0 Å². The van der Waals surface area contributed by atoms with Crippen molar-refractivity contribution >= 4 is 11.5 Å². The van der Waals surface area contributed by atoms with Crippen LogP contribution in [0.5, 0.6) is 0 Å². The fourth-order valence-electron chi connectivity index (χ4n) is 1.55. The van der Waals surface area contributed by atoms with Gasteiger partial charge in [0.15, 0.2) is 0 Å². The first-order valence-electron chi connectivity index (χ1n) is 5.43. The van der Waals surface area contributed by atoms with Crippen molar-refractivity contribution in [1.29, 1.82) is 5.26 Å². The van der Waals surface area contributed by atoms with Gasteiger partial charge in [0.1, 0.15) is 23.5 Å². The SMILES string of the molecule is N#Cc1cnc(NCc2cc(F)ccc2F)c(N)c1. The quantitative estimate of drug-likeness (QED) is 0.888. The highest BCUT2D eigenvalue weighted by molar-refractivity contribution is 5.63. The van der Waals surface area contributed by atoms with Gasteiger partial charge >= 0.3 is 0 Å². The van der Waals surface area contributed by atoms with Gasteiger partial charge in [0, 0.05) is 18.3 Å². The Bertz CT molecular complexity index is 650. The van der Waals surface area contributed by atoms with Gasteiger partial charge < -0.3 is 11.1 Å². The number of benzene rings is 1. The third-order valence-electron chi connectivity index (χ3n) is 2.50. The molecule has 0 aliphatic heterocycles. The monoisotopic (exact) mass is 260 g/mol. The number of nitrogens with two attached hydrogens (primary N) is 1. The number of halogens is 2. The number of nitrogen functional groups attached to an aromatic ring is 1. The highest BCUT2D eigenvalue weighted by Gasteiger charge is 2.06. The van der Waals surface area contributed by atoms with E-state index in [1.165, 1.54) is 12.3 Å². The molecule has 0 radical (unpaired) electrons. The molecular formula is C13H10F2N4.